The number of rotatable bonds is 10. The summed E-state index contributed by atoms with van der Waals surface area (Å²) in [5, 5.41) is -0.493. The molecule has 0 bridgehead atoms. The van der Waals surface area contributed by atoms with E-state index >= 15 is 0 Å². The van der Waals surface area contributed by atoms with E-state index in [1.165, 1.54) is 26.8 Å². The van der Waals surface area contributed by atoms with E-state index in [-0.39, 0.29) is 23.1 Å². The molecular weight excluding hydrogens is 594 g/mol. The average molecular weight is 630 g/mol. The van der Waals surface area contributed by atoms with E-state index in [1.807, 2.05) is 6.92 Å². The number of amides is 2. The number of carbonyl (C=O) groups is 7. The molecule has 0 saturated carbocycles. The molecule has 3 aromatic rings. The van der Waals surface area contributed by atoms with Gasteiger partial charge in [-0.05, 0) is 100 Å². The van der Waals surface area contributed by atoms with Crippen LogP contribution in [0.4, 0.5) is 0 Å². The number of Topliss-reactive ketones (excluding diaryl/α,β-unsaturated/α-hetero) is 4. The number of allylic oxidation sites excluding steroid dienone is 1. The summed E-state index contributed by atoms with van der Waals surface area (Å²) < 4.78 is 0. The SMILES string of the molecule is C=CCC(=O)c1ccc(C(C)=O)cc1C.C=CN(C=O)C(=O)c1ccc(C(C)=O)cc1C.CC(=O)c1ccc(C(=O)Cl)c(C)c1. The van der Waals surface area contributed by atoms with E-state index in [2.05, 4.69) is 13.2 Å². The fourth-order valence-electron chi connectivity index (χ4n) is 3.98. The fraction of sp³-hybridized carbons (Fsp3) is 0.194. The number of nitrogens with zero attached hydrogens (tertiary/aromatic N) is 1. The maximum Gasteiger partial charge on any atom is 0.264 e. The number of aryl methyl sites for hydroxylation is 3. The molecule has 0 radical (unpaired) electrons. The van der Waals surface area contributed by atoms with E-state index in [4.69, 9.17) is 11.6 Å². The summed E-state index contributed by atoms with van der Waals surface area (Å²) >= 11 is 5.32. The van der Waals surface area contributed by atoms with Gasteiger partial charge >= 0.3 is 0 Å². The van der Waals surface area contributed by atoms with Crippen LogP contribution in [0.25, 0.3) is 0 Å². The Bertz CT molecular complexity index is 1660. The molecule has 0 aromatic heterocycles. The summed E-state index contributed by atoms with van der Waals surface area (Å²) in [5.41, 5.74) is 5.49. The molecule has 0 aliphatic rings. The molecule has 0 unspecified atom stereocenters. The topological polar surface area (TPSA) is 123 Å². The smallest absolute Gasteiger partial charge is 0.264 e. The number of benzene rings is 3. The fourth-order valence-corrected chi connectivity index (χ4v) is 4.19. The average Bonchev–Trinajstić information content (AvgIpc) is 2.98. The lowest BCUT2D eigenvalue weighted by atomic mass is 9.99. The quantitative estimate of drug-likeness (QED) is 0.0986. The van der Waals surface area contributed by atoms with Crippen LogP contribution in [0.15, 0.2) is 80.0 Å². The number of imide groups is 1. The molecule has 8 nitrogen and oxygen atoms in total. The second-order valence-electron chi connectivity index (χ2n) is 9.95. The summed E-state index contributed by atoms with van der Waals surface area (Å²) in [7, 11) is 0. The summed E-state index contributed by atoms with van der Waals surface area (Å²) in [6.45, 7) is 16.7. The molecule has 0 spiro atoms. The second-order valence-corrected chi connectivity index (χ2v) is 10.3. The first-order chi connectivity index (χ1) is 21.1. The Labute approximate surface area is 268 Å². The Kier molecular flexibility index (Phi) is 15.1. The van der Waals surface area contributed by atoms with Crippen LogP contribution in [0.5, 0.6) is 0 Å². The van der Waals surface area contributed by atoms with Crippen molar-refractivity contribution in [3.63, 3.8) is 0 Å². The molecular formula is C36H36ClNO7. The highest BCUT2D eigenvalue weighted by Gasteiger charge is 2.15. The minimum atomic E-state index is -0.493. The van der Waals surface area contributed by atoms with Crippen LogP contribution < -0.4 is 0 Å². The van der Waals surface area contributed by atoms with Gasteiger partial charge in [0.2, 0.25) is 6.41 Å². The Morgan fingerprint density at radius 3 is 1.33 bits per heavy atom. The van der Waals surface area contributed by atoms with Crippen molar-refractivity contribution in [1.82, 2.24) is 4.90 Å². The number of carbonyl (C=O) groups excluding carboxylic acids is 7. The van der Waals surface area contributed by atoms with Crippen molar-refractivity contribution >= 4 is 52.3 Å². The van der Waals surface area contributed by atoms with Crippen LogP contribution in [-0.4, -0.2) is 45.6 Å². The Balaban J connectivity index is 0.000000341. The van der Waals surface area contributed by atoms with Gasteiger partial charge in [0.05, 0.1) is 0 Å². The van der Waals surface area contributed by atoms with E-state index < -0.39 is 11.1 Å². The number of hydrogen-bond donors (Lipinski definition) is 0. The molecule has 0 N–H and O–H groups in total. The highest BCUT2D eigenvalue weighted by molar-refractivity contribution is 6.67. The monoisotopic (exact) mass is 629 g/mol. The molecule has 0 atom stereocenters. The zero-order valence-electron chi connectivity index (χ0n) is 26.2. The van der Waals surface area contributed by atoms with Crippen LogP contribution >= 0.6 is 11.6 Å². The van der Waals surface area contributed by atoms with E-state index in [0.29, 0.717) is 51.8 Å². The summed E-state index contributed by atoms with van der Waals surface area (Å²) in [5.74, 6) is -0.485. The van der Waals surface area contributed by atoms with E-state index in [9.17, 15) is 33.6 Å². The van der Waals surface area contributed by atoms with E-state index in [1.54, 1.807) is 68.5 Å². The number of hydrogen-bond acceptors (Lipinski definition) is 7. The lowest BCUT2D eigenvalue weighted by Crippen LogP contribution is -2.24. The zero-order valence-corrected chi connectivity index (χ0v) is 27.0. The van der Waals surface area contributed by atoms with Gasteiger partial charge in [-0.3, -0.25) is 38.5 Å². The molecule has 0 fully saturated rings. The summed E-state index contributed by atoms with van der Waals surface area (Å²) in [6, 6.07) is 14.7. The Morgan fingerprint density at radius 2 is 1.04 bits per heavy atom. The van der Waals surface area contributed by atoms with Crippen molar-refractivity contribution in [2.75, 3.05) is 0 Å². The second kappa shape index (κ2) is 17.9. The van der Waals surface area contributed by atoms with Gasteiger partial charge in [0.15, 0.2) is 23.1 Å². The molecule has 234 valence electrons. The predicted molar refractivity (Wildman–Crippen MR) is 175 cm³/mol. The van der Waals surface area contributed by atoms with Crippen LogP contribution in [-0.2, 0) is 4.79 Å². The van der Waals surface area contributed by atoms with Crippen LogP contribution in [0.2, 0.25) is 0 Å². The van der Waals surface area contributed by atoms with Gasteiger partial charge < -0.3 is 0 Å². The maximum atomic E-state index is 11.8. The van der Waals surface area contributed by atoms with Gasteiger partial charge in [-0.15, -0.1) is 6.58 Å². The van der Waals surface area contributed by atoms with Gasteiger partial charge in [-0.2, -0.15) is 0 Å². The third kappa shape index (κ3) is 11.2. The van der Waals surface area contributed by atoms with Crippen LogP contribution in [0.3, 0.4) is 0 Å². The first-order valence-corrected chi connectivity index (χ1v) is 14.1. The third-order valence-corrected chi connectivity index (χ3v) is 6.72. The molecule has 2 amide bonds. The zero-order chi connectivity index (χ0) is 34.4. The first-order valence-electron chi connectivity index (χ1n) is 13.7. The first kappa shape index (κ1) is 37.9. The predicted octanol–water partition coefficient (Wildman–Crippen LogP) is 7.47. The summed E-state index contributed by atoms with van der Waals surface area (Å²) in [6.07, 6.45) is 3.46. The highest BCUT2D eigenvalue weighted by Crippen LogP contribution is 2.16. The minimum Gasteiger partial charge on any atom is -0.295 e. The third-order valence-electron chi connectivity index (χ3n) is 6.52. The van der Waals surface area contributed by atoms with Crippen LogP contribution in [0, 0.1) is 20.8 Å². The lowest BCUT2D eigenvalue weighted by molar-refractivity contribution is -0.114. The van der Waals surface area contributed by atoms with Gasteiger partial charge in [0.25, 0.3) is 11.1 Å². The molecule has 3 aromatic carbocycles. The number of halogens is 1. The van der Waals surface area contributed by atoms with Crippen molar-refractivity contribution < 1.29 is 33.6 Å². The maximum absolute atomic E-state index is 11.8. The molecule has 3 rings (SSSR count). The Morgan fingerprint density at radius 1 is 0.667 bits per heavy atom. The highest BCUT2D eigenvalue weighted by atomic mass is 35.5. The van der Waals surface area contributed by atoms with Crippen molar-refractivity contribution in [3.8, 4) is 0 Å². The standard InChI is InChI=1S/C13H13NO3.C13H14O2.C10H9ClO2/c1-4-14(8-15)13(17)12-6-5-11(10(3)16)7-9(12)2;1-4-5-13(15)12-7-6-11(10(3)14)8-9(12)2;1-6-5-8(7(2)12)3-4-9(6)10(11)13/h4-8H,1H2,2-3H3;4,6-8H,1,5H2,2-3H3;3-5H,1-2H3. The largest absolute Gasteiger partial charge is 0.295 e. The minimum absolute atomic E-state index is 0.0146. The van der Waals surface area contributed by atoms with Crippen molar-refractivity contribution in [3.05, 3.63) is 130 Å². The lowest BCUT2D eigenvalue weighted by Gasteiger charge is -2.12. The molecule has 9 heteroatoms. The molecule has 0 aliphatic carbocycles. The Hall–Kier alpha value is -5.08. The van der Waals surface area contributed by atoms with Crippen LogP contribution in [0.1, 0.15) is 106 Å². The van der Waals surface area contributed by atoms with Crippen molar-refractivity contribution in [1.29, 1.82) is 0 Å². The van der Waals surface area contributed by atoms with Gasteiger partial charge in [-0.1, -0.05) is 36.9 Å². The van der Waals surface area contributed by atoms with Gasteiger partial charge in [0, 0.05) is 46.0 Å². The number of ketones is 4. The van der Waals surface area contributed by atoms with E-state index in [0.717, 1.165) is 22.2 Å². The summed E-state index contributed by atoms with van der Waals surface area (Å²) in [4.78, 5) is 79.0. The normalized spacial score (nSPS) is 9.67. The van der Waals surface area contributed by atoms with Crippen molar-refractivity contribution in [2.45, 2.75) is 48.0 Å². The van der Waals surface area contributed by atoms with Gasteiger partial charge in [-0.25, -0.2) is 0 Å². The molecule has 0 saturated heterocycles. The molecule has 45 heavy (non-hydrogen) atoms. The molecule has 0 heterocycles. The van der Waals surface area contributed by atoms with Crippen molar-refractivity contribution in [2.24, 2.45) is 0 Å². The molecule has 0 aliphatic heterocycles. The van der Waals surface area contributed by atoms with Gasteiger partial charge in [0.1, 0.15) is 0 Å².